The Labute approximate surface area is 190 Å². The molecule has 1 saturated heterocycles. The third-order valence-electron chi connectivity index (χ3n) is 6.12. The van der Waals surface area contributed by atoms with Crippen LogP contribution in [0.15, 0.2) is 30.7 Å². The molecule has 0 amide bonds. The second-order valence-corrected chi connectivity index (χ2v) is 8.93. The minimum Gasteiger partial charge on any atom is -0.391 e. The van der Waals surface area contributed by atoms with Gasteiger partial charge in [-0.3, -0.25) is 9.89 Å². The molecular formula is C22H26ClFN6O2. The molecule has 3 N–H and O–H groups in total. The smallest absolute Gasteiger partial charge is 0.160 e. The second-order valence-electron chi connectivity index (χ2n) is 8.49. The number of aromatic nitrogens is 4. The van der Waals surface area contributed by atoms with Gasteiger partial charge in [0.15, 0.2) is 11.4 Å². The molecule has 0 unspecified atom stereocenters. The quantitative estimate of drug-likeness (QED) is 0.495. The zero-order valence-electron chi connectivity index (χ0n) is 17.9. The Bertz CT molecular complexity index is 1090. The minimum absolute atomic E-state index is 0.0762. The molecule has 3 aromatic rings. The van der Waals surface area contributed by atoms with E-state index < -0.39 is 18.0 Å². The largest absolute Gasteiger partial charge is 0.391 e. The molecule has 2 aromatic heterocycles. The number of anilines is 2. The summed E-state index contributed by atoms with van der Waals surface area (Å²) >= 11 is 5.92. The zero-order chi connectivity index (χ0) is 22.8. The summed E-state index contributed by atoms with van der Waals surface area (Å²) in [5.74, 6) is 0.564. The van der Waals surface area contributed by atoms with Gasteiger partial charge in [0.05, 0.1) is 17.7 Å². The van der Waals surface area contributed by atoms with E-state index >= 15 is 0 Å². The molecule has 3 heterocycles. The molecule has 0 aliphatic carbocycles. The number of aliphatic hydroxyl groups excluding tert-OH is 1. The Kier molecular flexibility index (Phi) is 6.57. The normalized spacial score (nSPS) is 20.8. The second kappa shape index (κ2) is 9.38. The third kappa shape index (κ3) is 4.83. The molecule has 170 valence electrons. The number of aliphatic hydroxyl groups is 1. The molecule has 1 aliphatic heterocycles. The molecule has 1 aromatic carbocycles. The molecule has 8 nitrogen and oxygen atoms in total. The van der Waals surface area contributed by atoms with Crippen LogP contribution in [-0.2, 0) is 4.79 Å². The first-order chi connectivity index (χ1) is 15.3. The van der Waals surface area contributed by atoms with Crippen molar-refractivity contribution in [2.75, 3.05) is 23.3 Å². The average Bonchev–Trinajstić information content (AvgIpc) is 3.21. The van der Waals surface area contributed by atoms with Crippen LogP contribution in [0.1, 0.15) is 26.7 Å². The third-order valence-corrected chi connectivity index (χ3v) is 6.34. The number of nitrogens with one attached hydrogen (secondary N) is 2. The average molecular weight is 461 g/mol. The number of benzene rings is 1. The highest BCUT2D eigenvalue weighted by Gasteiger charge is 2.33. The summed E-state index contributed by atoms with van der Waals surface area (Å²) < 4.78 is 13.7. The Morgan fingerprint density at radius 3 is 2.97 bits per heavy atom. The lowest BCUT2D eigenvalue weighted by atomic mass is 9.82. The van der Waals surface area contributed by atoms with E-state index in [4.69, 9.17) is 11.6 Å². The molecule has 0 bridgehead atoms. The number of hydrogen-bond donors (Lipinski definition) is 3. The first kappa shape index (κ1) is 22.4. The van der Waals surface area contributed by atoms with Crippen LogP contribution in [0.3, 0.4) is 0 Å². The highest BCUT2D eigenvalue weighted by Crippen LogP contribution is 2.32. The van der Waals surface area contributed by atoms with E-state index in [2.05, 4.69) is 37.3 Å². The van der Waals surface area contributed by atoms with Crippen molar-refractivity contribution in [2.45, 2.75) is 38.8 Å². The van der Waals surface area contributed by atoms with E-state index in [0.29, 0.717) is 23.8 Å². The van der Waals surface area contributed by atoms with Gasteiger partial charge in [-0.1, -0.05) is 18.5 Å². The predicted octanol–water partition coefficient (Wildman–Crippen LogP) is 3.43. The summed E-state index contributed by atoms with van der Waals surface area (Å²) in [6.45, 7) is 5.16. The molecule has 1 aliphatic rings. The van der Waals surface area contributed by atoms with E-state index in [1.807, 2.05) is 0 Å². The number of ketones is 1. The Hall–Kier alpha value is -2.78. The van der Waals surface area contributed by atoms with Crippen molar-refractivity contribution in [3.05, 3.63) is 41.6 Å². The maximum Gasteiger partial charge on any atom is 0.160 e. The molecule has 10 heteroatoms. The van der Waals surface area contributed by atoms with E-state index in [1.165, 1.54) is 24.5 Å². The van der Waals surface area contributed by atoms with Crippen LogP contribution in [0.25, 0.3) is 11.0 Å². The summed E-state index contributed by atoms with van der Waals surface area (Å²) in [6, 6.07) is 3.11. The molecular weight excluding hydrogens is 435 g/mol. The summed E-state index contributed by atoms with van der Waals surface area (Å²) in [5, 5.41) is 21.2. The van der Waals surface area contributed by atoms with Gasteiger partial charge in [0.1, 0.15) is 24.0 Å². The van der Waals surface area contributed by atoms with Crippen molar-refractivity contribution < 1.29 is 14.3 Å². The standard InChI is InChI=1S/C22H26ClFN6O2/c1-12-3-4-30(22-18-9-27-29-21(18)25-11-26-22)10-14(12)5-19(32)20(13(2)31)28-17-7-15(23)6-16(24)8-17/h6-9,11-14,20,28,31H,3-5,10H2,1-2H3,(H,25,26,27,29)/t12-,13+,14-,20+/m0/s1. The van der Waals surface area contributed by atoms with Gasteiger partial charge in [-0.15, -0.1) is 0 Å². The monoisotopic (exact) mass is 460 g/mol. The molecule has 0 spiro atoms. The fourth-order valence-electron chi connectivity index (χ4n) is 4.28. The van der Waals surface area contributed by atoms with Crippen molar-refractivity contribution in [3.63, 3.8) is 0 Å². The van der Waals surface area contributed by atoms with Crippen molar-refractivity contribution in [1.82, 2.24) is 20.2 Å². The topological polar surface area (TPSA) is 107 Å². The number of H-pyrrole nitrogens is 1. The van der Waals surface area contributed by atoms with Gasteiger partial charge in [-0.2, -0.15) is 5.10 Å². The van der Waals surface area contributed by atoms with Gasteiger partial charge >= 0.3 is 0 Å². The Morgan fingerprint density at radius 1 is 1.41 bits per heavy atom. The van der Waals surface area contributed by atoms with Crippen LogP contribution in [0.2, 0.25) is 5.02 Å². The first-order valence-corrected chi connectivity index (χ1v) is 11.0. The summed E-state index contributed by atoms with van der Waals surface area (Å²) in [6.07, 6.45) is 3.45. The number of piperidine rings is 1. The number of carbonyl (C=O) groups is 1. The lowest BCUT2D eigenvalue weighted by Gasteiger charge is -2.38. The number of halogens is 2. The maximum atomic E-state index is 13.7. The zero-order valence-corrected chi connectivity index (χ0v) is 18.7. The maximum absolute atomic E-state index is 13.7. The highest BCUT2D eigenvalue weighted by molar-refractivity contribution is 6.30. The van der Waals surface area contributed by atoms with Gasteiger partial charge in [-0.05, 0) is 43.4 Å². The Balaban J connectivity index is 1.49. The van der Waals surface area contributed by atoms with Crippen LogP contribution >= 0.6 is 11.6 Å². The van der Waals surface area contributed by atoms with Gasteiger partial charge in [-0.25, -0.2) is 14.4 Å². The van der Waals surface area contributed by atoms with E-state index in [0.717, 1.165) is 24.2 Å². The number of carbonyl (C=O) groups excluding carboxylic acids is 1. The fourth-order valence-corrected chi connectivity index (χ4v) is 4.51. The van der Waals surface area contributed by atoms with Crippen molar-refractivity contribution in [1.29, 1.82) is 0 Å². The van der Waals surface area contributed by atoms with E-state index in [-0.39, 0.29) is 23.1 Å². The number of aromatic amines is 1. The van der Waals surface area contributed by atoms with Gasteiger partial charge < -0.3 is 15.3 Å². The fraction of sp³-hybridized carbons (Fsp3) is 0.455. The van der Waals surface area contributed by atoms with Crippen LogP contribution in [0, 0.1) is 17.7 Å². The number of nitrogens with zero attached hydrogens (tertiary/aromatic N) is 4. The van der Waals surface area contributed by atoms with Crippen molar-refractivity contribution in [2.24, 2.45) is 11.8 Å². The summed E-state index contributed by atoms with van der Waals surface area (Å²) in [5.41, 5.74) is 1.03. The molecule has 4 rings (SSSR count). The van der Waals surface area contributed by atoms with Crippen LogP contribution < -0.4 is 10.2 Å². The molecule has 4 atom stereocenters. The van der Waals surface area contributed by atoms with Gasteiger partial charge in [0.2, 0.25) is 0 Å². The van der Waals surface area contributed by atoms with Crippen molar-refractivity contribution in [3.8, 4) is 0 Å². The molecule has 1 fully saturated rings. The Morgan fingerprint density at radius 2 is 2.22 bits per heavy atom. The van der Waals surface area contributed by atoms with E-state index in [9.17, 15) is 14.3 Å². The number of fused-ring (bicyclic) bond motifs is 1. The van der Waals surface area contributed by atoms with Gasteiger partial charge in [0.25, 0.3) is 0 Å². The summed E-state index contributed by atoms with van der Waals surface area (Å²) in [7, 11) is 0. The molecule has 32 heavy (non-hydrogen) atoms. The van der Waals surface area contributed by atoms with Crippen LogP contribution in [0.5, 0.6) is 0 Å². The lowest BCUT2D eigenvalue weighted by molar-refractivity contribution is -0.123. The number of rotatable bonds is 7. The molecule has 0 radical (unpaired) electrons. The minimum atomic E-state index is -0.952. The van der Waals surface area contributed by atoms with E-state index in [1.54, 1.807) is 13.1 Å². The SMILES string of the molecule is C[C@@H](O)[C@@H](Nc1cc(F)cc(Cl)c1)C(=O)C[C@H]1CN(c2ncnc3[nH]ncc23)CC[C@@H]1C. The van der Waals surface area contributed by atoms with Gasteiger partial charge in [0, 0.05) is 30.2 Å². The number of hydrogen-bond acceptors (Lipinski definition) is 7. The highest BCUT2D eigenvalue weighted by atomic mass is 35.5. The predicted molar refractivity (Wildman–Crippen MR) is 121 cm³/mol. The molecule has 0 saturated carbocycles. The number of Topliss-reactive ketones (excluding diaryl/α,β-unsaturated/α-hetero) is 1. The van der Waals surface area contributed by atoms with Crippen molar-refractivity contribution >= 4 is 39.9 Å². The lowest BCUT2D eigenvalue weighted by Crippen LogP contribution is -2.45. The van der Waals surface area contributed by atoms with Crippen LogP contribution in [0.4, 0.5) is 15.9 Å². The van der Waals surface area contributed by atoms with Crippen LogP contribution in [-0.4, -0.2) is 56.3 Å². The summed E-state index contributed by atoms with van der Waals surface area (Å²) in [4.78, 5) is 24.0. The first-order valence-electron chi connectivity index (χ1n) is 10.6.